The van der Waals surface area contributed by atoms with Gasteiger partial charge in [0.05, 0.1) is 18.6 Å². The molecule has 0 radical (unpaired) electrons. The molecule has 0 atom stereocenters. The molecule has 2 aromatic carbocycles. The normalized spacial score (nSPS) is 10.8. The van der Waals surface area contributed by atoms with Crippen LogP contribution in [0.15, 0.2) is 71.9 Å². The number of carbonyl (C=O) groups is 2. The summed E-state index contributed by atoms with van der Waals surface area (Å²) in [6.07, 6.45) is 3.29. The van der Waals surface area contributed by atoms with Crippen LogP contribution in [0.5, 0.6) is 5.88 Å². The van der Waals surface area contributed by atoms with Crippen LogP contribution in [0.4, 0.5) is 11.5 Å². The third-order valence-electron chi connectivity index (χ3n) is 5.27. The lowest BCUT2D eigenvalue weighted by molar-refractivity contribution is -0.143. The monoisotopic (exact) mass is 571 g/mol. The smallest absolute Gasteiger partial charge is 0.305 e. The van der Waals surface area contributed by atoms with Crippen LogP contribution in [-0.4, -0.2) is 49.1 Å². The number of aryl methyl sites for hydroxylation is 1. The molecule has 0 aliphatic heterocycles. The van der Waals surface area contributed by atoms with Gasteiger partial charge in [0.1, 0.15) is 12.1 Å². The van der Waals surface area contributed by atoms with Crippen LogP contribution >= 0.6 is 12.2 Å². The number of nitrogens with one attached hydrogen (secondary N) is 3. The van der Waals surface area contributed by atoms with Gasteiger partial charge in [-0.3, -0.25) is 14.3 Å². The average Bonchev–Trinajstić information content (AvgIpc) is 2.92. The molecule has 0 aliphatic rings. The Bertz CT molecular complexity index is 1370. The zero-order valence-electron chi connectivity index (χ0n) is 21.3. The number of sulfonamides is 1. The molecule has 13 heteroatoms. The molecule has 3 rings (SSSR count). The van der Waals surface area contributed by atoms with Gasteiger partial charge < -0.3 is 20.1 Å². The third-order valence-corrected chi connectivity index (χ3v) is 6.84. The van der Waals surface area contributed by atoms with E-state index >= 15 is 0 Å². The topological polar surface area (TPSA) is 149 Å². The first-order chi connectivity index (χ1) is 18.7. The number of ether oxygens (including phenoxy) is 2. The fraction of sp³-hybridized carbons (Fsp3) is 0.269. The molecule has 39 heavy (non-hydrogen) atoms. The highest BCUT2D eigenvalue weighted by atomic mass is 32.2. The lowest BCUT2D eigenvalue weighted by Gasteiger charge is -2.11. The Kier molecular flexibility index (Phi) is 11.1. The van der Waals surface area contributed by atoms with Crippen molar-refractivity contribution < 1.29 is 27.5 Å². The lowest BCUT2D eigenvalue weighted by Crippen LogP contribution is -2.34. The largest absolute Gasteiger partial charge is 0.481 e. The van der Waals surface area contributed by atoms with Crippen molar-refractivity contribution >= 4 is 50.7 Å². The Morgan fingerprint density at radius 2 is 1.72 bits per heavy atom. The summed E-state index contributed by atoms with van der Waals surface area (Å²) in [4.78, 5) is 31.7. The van der Waals surface area contributed by atoms with Gasteiger partial charge in [0.15, 0.2) is 5.11 Å². The van der Waals surface area contributed by atoms with Gasteiger partial charge in [-0.05, 0) is 61.3 Å². The summed E-state index contributed by atoms with van der Waals surface area (Å²) < 4.78 is 37.8. The van der Waals surface area contributed by atoms with Crippen molar-refractivity contribution in [2.45, 2.75) is 37.0 Å². The number of carbonyl (C=O) groups excluding carboxylic acids is 2. The van der Waals surface area contributed by atoms with Gasteiger partial charge >= 0.3 is 5.97 Å². The maximum atomic E-state index is 12.6. The summed E-state index contributed by atoms with van der Waals surface area (Å²) in [6, 6.07) is 17.0. The summed E-state index contributed by atoms with van der Waals surface area (Å²) in [5, 5.41) is 5.40. The lowest BCUT2D eigenvalue weighted by atomic mass is 10.1. The summed E-state index contributed by atoms with van der Waals surface area (Å²) in [5.41, 5.74) is 1.66. The van der Waals surface area contributed by atoms with Gasteiger partial charge in [-0.15, -0.1) is 0 Å². The van der Waals surface area contributed by atoms with Crippen LogP contribution in [0.3, 0.4) is 0 Å². The number of hydrogen-bond donors (Lipinski definition) is 3. The fourth-order valence-corrected chi connectivity index (χ4v) is 4.58. The average molecular weight is 572 g/mol. The number of benzene rings is 2. The van der Waals surface area contributed by atoms with Crippen LogP contribution in [-0.2, 0) is 30.8 Å². The summed E-state index contributed by atoms with van der Waals surface area (Å²) in [5.74, 6) is -0.426. The molecule has 3 N–H and O–H groups in total. The van der Waals surface area contributed by atoms with E-state index in [9.17, 15) is 18.0 Å². The zero-order valence-corrected chi connectivity index (χ0v) is 22.9. The number of esters is 1. The Hall–Kier alpha value is -4.10. The highest BCUT2D eigenvalue weighted by Gasteiger charge is 2.16. The molecule has 1 amide bonds. The molecular weight excluding hydrogens is 542 g/mol. The van der Waals surface area contributed by atoms with Gasteiger partial charge in [0.2, 0.25) is 11.8 Å². The number of nitrogens with zero attached hydrogens (tertiary/aromatic N) is 2. The Morgan fingerprint density at radius 1 is 0.974 bits per heavy atom. The zero-order chi connectivity index (χ0) is 28.1. The van der Waals surface area contributed by atoms with Crippen LogP contribution in [0, 0.1) is 0 Å². The molecule has 0 unspecified atom stereocenters. The predicted octanol–water partition coefficient (Wildman–Crippen LogP) is 3.45. The summed E-state index contributed by atoms with van der Waals surface area (Å²) >= 11 is 5.15. The number of anilines is 2. The number of thiocarbonyl (C=S) groups is 1. The van der Waals surface area contributed by atoms with E-state index in [0.717, 1.165) is 12.8 Å². The van der Waals surface area contributed by atoms with E-state index in [1.165, 1.54) is 49.3 Å². The minimum atomic E-state index is -3.90. The van der Waals surface area contributed by atoms with Crippen LogP contribution in [0.1, 0.15) is 31.2 Å². The molecule has 206 valence electrons. The predicted molar refractivity (Wildman–Crippen MR) is 150 cm³/mol. The van der Waals surface area contributed by atoms with Crippen molar-refractivity contribution in [2.24, 2.45) is 0 Å². The van der Waals surface area contributed by atoms with Crippen molar-refractivity contribution in [1.82, 2.24) is 15.3 Å². The van der Waals surface area contributed by atoms with Crippen LogP contribution in [0.25, 0.3) is 0 Å². The van der Waals surface area contributed by atoms with Gasteiger partial charge in [-0.25, -0.2) is 18.4 Å². The maximum Gasteiger partial charge on any atom is 0.305 e. The number of rotatable bonds is 13. The molecule has 0 spiro atoms. The Balaban J connectivity index is 1.35. The molecule has 0 fully saturated rings. The molecule has 0 saturated carbocycles. The standard InChI is InChI=1S/C26H29N5O6S2/c1-36-24-17-22(27-18-28-24)31-39(34,35)21-14-12-20(13-15-21)29-26(38)30-23(32)10-5-11-25(33)37-16-6-9-19-7-3-2-4-8-19/h2-4,7-8,12-15,17-18H,5-6,9-11,16H2,1H3,(H,27,28,31)(H2,29,30,32,38). The number of amides is 1. The second kappa shape index (κ2) is 14.7. The number of hydrogen-bond acceptors (Lipinski definition) is 9. The van der Waals surface area contributed by atoms with E-state index in [-0.39, 0.29) is 46.4 Å². The van der Waals surface area contributed by atoms with Crippen LogP contribution in [0.2, 0.25) is 0 Å². The third kappa shape index (κ3) is 10.3. The highest BCUT2D eigenvalue weighted by molar-refractivity contribution is 7.92. The van der Waals surface area contributed by atoms with Gasteiger partial charge in [0, 0.05) is 24.6 Å². The molecule has 3 aromatic rings. The number of methoxy groups -OCH3 is 1. The second-order valence-corrected chi connectivity index (χ2v) is 10.3. The molecule has 1 aromatic heterocycles. The van der Waals surface area contributed by atoms with E-state index in [2.05, 4.69) is 25.3 Å². The van der Waals surface area contributed by atoms with E-state index in [1.807, 2.05) is 30.3 Å². The highest BCUT2D eigenvalue weighted by Crippen LogP contribution is 2.18. The van der Waals surface area contributed by atoms with Crippen molar-refractivity contribution in [2.75, 3.05) is 23.8 Å². The molecule has 0 saturated heterocycles. The van der Waals surface area contributed by atoms with Gasteiger partial charge in [-0.1, -0.05) is 30.3 Å². The maximum absolute atomic E-state index is 12.6. The van der Waals surface area contributed by atoms with Crippen molar-refractivity contribution in [3.05, 3.63) is 72.6 Å². The first-order valence-electron chi connectivity index (χ1n) is 12.0. The first-order valence-corrected chi connectivity index (χ1v) is 13.9. The Morgan fingerprint density at radius 3 is 2.44 bits per heavy atom. The minimum Gasteiger partial charge on any atom is -0.481 e. The van der Waals surface area contributed by atoms with E-state index in [1.54, 1.807) is 0 Å². The van der Waals surface area contributed by atoms with Crippen molar-refractivity contribution in [3.63, 3.8) is 0 Å². The summed E-state index contributed by atoms with van der Waals surface area (Å²) in [6.45, 7) is 0.333. The van der Waals surface area contributed by atoms with Gasteiger partial charge in [0.25, 0.3) is 10.0 Å². The quantitative estimate of drug-likeness (QED) is 0.158. The van der Waals surface area contributed by atoms with Crippen molar-refractivity contribution in [3.8, 4) is 5.88 Å². The molecule has 11 nitrogen and oxygen atoms in total. The Labute approximate surface area is 232 Å². The van der Waals surface area contributed by atoms with Gasteiger partial charge in [-0.2, -0.15) is 0 Å². The minimum absolute atomic E-state index is 0.00691. The van der Waals surface area contributed by atoms with E-state index < -0.39 is 10.0 Å². The first kappa shape index (κ1) is 29.5. The van der Waals surface area contributed by atoms with Crippen molar-refractivity contribution in [1.29, 1.82) is 0 Å². The van der Waals surface area contributed by atoms with E-state index in [4.69, 9.17) is 21.7 Å². The fourth-order valence-electron chi connectivity index (χ4n) is 3.34. The van der Waals surface area contributed by atoms with Crippen LogP contribution < -0.4 is 20.1 Å². The molecule has 1 heterocycles. The summed E-state index contributed by atoms with van der Waals surface area (Å²) in [7, 11) is -2.50. The second-order valence-electron chi connectivity index (χ2n) is 8.24. The molecule has 0 aliphatic carbocycles. The molecular formula is C26H29N5O6S2. The van der Waals surface area contributed by atoms with E-state index in [0.29, 0.717) is 18.7 Å². The molecule has 0 bridgehead atoms. The number of aromatic nitrogens is 2. The SMILES string of the molecule is COc1cc(NS(=O)(=O)c2ccc(NC(=S)NC(=O)CCCC(=O)OCCCc3ccccc3)cc2)ncn1.